The van der Waals surface area contributed by atoms with Gasteiger partial charge < -0.3 is 10.6 Å². The van der Waals surface area contributed by atoms with E-state index < -0.39 is 42.7 Å². The van der Waals surface area contributed by atoms with Crippen molar-refractivity contribution in [3.05, 3.63) is 0 Å². The molecule has 0 spiro atoms. The van der Waals surface area contributed by atoms with E-state index in [9.17, 15) is 35.9 Å². The number of carbonyl (C=O) groups excluding carboxylic acids is 2. The Morgan fingerprint density at radius 2 is 1.05 bits per heavy atom. The topological polar surface area (TPSA) is 58.2 Å². The molecule has 0 saturated carbocycles. The predicted octanol–water partition coefficient (Wildman–Crippen LogP) is 1.94. The van der Waals surface area contributed by atoms with Crippen LogP contribution in [0.1, 0.15) is 26.7 Å². The third kappa shape index (κ3) is 3.79. The molecule has 0 rings (SSSR count). The van der Waals surface area contributed by atoms with E-state index in [0.717, 1.165) is 0 Å². The number of amides is 2. The zero-order chi connectivity index (χ0) is 16.9. The molecule has 21 heavy (non-hydrogen) atoms. The standard InChI is InChI=1S/C11H16F6N2O2/c1-3-5-18-7(20)9(12,13)11(16,17)10(14,15)8(21)19-6-4-2/h3-6H2,1-2H3,(H,18,20)(H,19,21). The van der Waals surface area contributed by atoms with Gasteiger partial charge in [-0.1, -0.05) is 13.8 Å². The van der Waals surface area contributed by atoms with Gasteiger partial charge in [0, 0.05) is 13.1 Å². The van der Waals surface area contributed by atoms with Gasteiger partial charge in [-0.25, -0.2) is 0 Å². The molecule has 0 radical (unpaired) electrons. The van der Waals surface area contributed by atoms with Crippen LogP contribution in [0, 0.1) is 0 Å². The number of carbonyl (C=O) groups is 2. The lowest BCUT2D eigenvalue weighted by Gasteiger charge is -2.30. The first-order chi connectivity index (χ1) is 9.46. The monoisotopic (exact) mass is 322 g/mol. The Bertz CT molecular complexity index is 353. The minimum atomic E-state index is -6.16. The number of hydrogen-bond acceptors (Lipinski definition) is 2. The maximum Gasteiger partial charge on any atom is 0.393 e. The fourth-order valence-corrected chi connectivity index (χ4v) is 1.18. The average molecular weight is 322 g/mol. The minimum absolute atomic E-state index is 0.140. The van der Waals surface area contributed by atoms with Gasteiger partial charge in [0.05, 0.1) is 0 Å². The molecule has 0 aliphatic rings. The summed E-state index contributed by atoms with van der Waals surface area (Å²) < 4.78 is 79.7. The van der Waals surface area contributed by atoms with Crippen molar-refractivity contribution >= 4 is 11.8 Å². The van der Waals surface area contributed by atoms with Crippen LogP contribution in [0.4, 0.5) is 26.3 Å². The number of alkyl halides is 6. The van der Waals surface area contributed by atoms with Crippen molar-refractivity contribution in [2.75, 3.05) is 13.1 Å². The van der Waals surface area contributed by atoms with Crippen LogP contribution in [-0.4, -0.2) is 42.7 Å². The Balaban J connectivity index is 5.30. The highest BCUT2D eigenvalue weighted by Gasteiger charge is 2.77. The molecule has 2 N–H and O–H groups in total. The van der Waals surface area contributed by atoms with Gasteiger partial charge in [-0.2, -0.15) is 26.3 Å². The van der Waals surface area contributed by atoms with Gasteiger partial charge in [0.1, 0.15) is 0 Å². The second kappa shape index (κ2) is 6.99. The lowest BCUT2D eigenvalue weighted by atomic mass is 10.0. The van der Waals surface area contributed by atoms with Gasteiger partial charge >= 0.3 is 17.8 Å². The summed E-state index contributed by atoms with van der Waals surface area (Å²) in [5, 5.41) is 2.80. The SMILES string of the molecule is CCCNC(=O)C(F)(F)C(F)(F)C(F)(F)C(=O)NCCC. The van der Waals surface area contributed by atoms with E-state index in [-0.39, 0.29) is 12.8 Å². The van der Waals surface area contributed by atoms with Crippen molar-refractivity contribution in [3.63, 3.8) is 0 Å². The quantitative estimate of drug-likeness (QED) is 0.671. The van der Waals surface area contributed by atoms with E-state index in [4.69, 9.17) is 0 Å². The molecule has 0 aromatic heterocycles. The molecule has 2 amide bonds. The second-order valence-corrected chi connectivity index (χ2v) is 4.23. The summed E-state index contributed by atoms with van der Waals surface area (Å²) in [7, 11) is 0. The van der Waals surface area contributed by atoms with Gasteiger partial charge in [-0.15, -0.1) is 0 Å². The molecule has 4 nitrogen and oxygen atoms in total. The Morgan fingerprint density at radius 3 is 1.29 bits per heavy atom. The maximum atomic E-state index is 13.3. The lowest BCUT2D eigenvalue weighted by molar-refractivity contribution is -0.287. The molecule has 0 aliphatic heterocycles. The van der Waals surface area contributed by atoms with E-state index in [1.54, 1.807) is 0 Å². The van der Waals surface area contributed by atoms with E-state index in [1.165, 1.54) is 24.5 Å². The van der Waals surface area contributed by atoms with Crippen LogP contribution < -0.4 is 10.6 Å². The molecule has 0 unspecified atom stereocenters. The molecule has 0 aliphatic carbocycles. The van der Waals surface area contributed by atoms with Crippen molar-refractivity contribution in [1.82, 2.24) is 10.6 Å². The van der Waals surface area contributed by atoms with Crippen molar-refractivity contribution in [2.45, 2.75) is 44.5 Å². The summed E-state index contributed by atoms with van der Waals surface area (Å²) >= 11 is 0. The smallest absolute Gasteiger partial charge is 0.351 e. The molecule has 0 saturated heterocycles. The van der Waals surface area contributed by atoms with Crippen LogP contribution in [0.25, 0.3) is 0 Å². The molecule has 124 valence electrons. The zero-order valence-corrected chi connectivity index (χ0v) is 11.4. The fourth-order valence-electron chi connectivity index (χ4n) is 1.18. The first-order valence-electron chi connectivity index (χ1n) is 6.16. The van der Waals surface area contributed by atoms with Crippen LogP contribution in [-0.2, 0) is 9.59 Å². The van der Waals surface area contributed by atoms with E-state index in [1.807, 2.05) is 0 Å². The summed E-state index contributed by atoms with van der Waals surface area (Å²) in [6.45, 7) is 2.11. The molecule has 0 aromatic carbocycles. The Hall–Kier alpha value is -1.48. The highest BCUT2D eigenvalue weighted by Crippen LogP contribution is 2.45. The molecular weight excluding hydrogens is 306 g/mol. The Kier molecular flexibility index (Phi) is 6.50. The van der Waals surface area contributed by atoms with Gasteiger partial charge in [0.2, 0.25) is 0 Å². The highest BCUT2D eigenvalue weighted by molar-refractivity contribution is 5.89. The van der Waals surface area contributed by atoms with Crippen molar-refractivity contribution in [2.24, 2.45) is 0 Å². The zero-order valence-electron chi connectivity index (χ0n) is 11.4. The van der Waals surface area contributed by atoms with Gasteiger partial charge in [-0.3, -0.25) is 9.59 Å². The van der Waals surface area contributed by atoms with Gasteiger partial charge in [0.15, 0.2) is 0 Å². The maximum absolute atomic E-state index is 13.3. The summed E-state index contributed by atoms with van der Waals surface area (Å²) in [6, 6.07) is 0. The molecule has 0 fully saturated rings. The van der Waals surface area contributed by atoms with E-state index in [0.29, 0.717) is 0 Å². The fraction of sp³-hybridized carbons (Fsp3) is 0.818. The largest absolute Gasteiger partial charge is 0.393 e. The third-order valence-electron chi connectivity index (χ3n) is 2.43. The summed E-state index contributed by atoms with van der Waals surface area (Å²) in [5.41, 5.74) is 0. The average Bonchev–Trinajstić information content (AvgIpc) is 2.41. The van der Waals surface area contributed by atoms with Gasteiger partial charge in [0.25, 0.3) is 11.8 Å². The molecule has 0 bridgehead atoms. The molecule has 0 aromatic rings. The van der Waals surface area contributed by atoms with Crippen LogP contribution in [0.5, 0.6) is 0 Å². The van der Waals surface area contributed by atoms with Crippen LogP contribution in [0.2, 0.25) is 0 Å². The third-order valence-corrected chi connectivity index (χ3v) is 2.43. The van der Waals surface area contributed by atoms with E-state index >= 15 is 0 Å². The van der Waals surface area contributed by atoms with Crippen LogP contribution in [0.3, 0.4) is 0 Å². The lowest BCUT2D eigenvalue weighted by Crippen LogP contribution is -2.65. The van der Waals surface area contributed by atoms with Gasteiger partial charge in [-0.05, 0) is 12.8 Å². The summed E-state index contributed by atoms with van der Waals surface area (Å²) in [4.78, 5) is 21.9. The minimum Gasteiger partial charge on any atom is -0.351 e. The van der Waals surface area contributed by atoms with Crippen molar-refractivity contribution in [3.8, 4) is 0 Å². The Morgan fingerprint density at radius 1 is 0.762 bits per heavy atom. The van der Waals surface area contributed by atoms with E-state index in [2.05, 4.69) is 0 Å². The highest BCUT2D eigenvalue weighted by atomic mass is 19.3. The normalized spacial score (nSPS) is 13.0. The van der Waals surface area contributed by atoms with Crippen molar-refractivity contribution < 1.29 is 35.9 Å². The number of nitrogens with one attached hydrogen (secondary N) is 2. The first-order valence-corrected chi connectivity index (χ1v) is 6.16. The Labute approximate surface area is 117 Å². The summed E-state index contributed by atoms with van der Waals surface area (Å²) in [5.74, 6) is -22.7. The summed E-state index contributed by atoms with van der Waals surface area (Å²) in [6.07, 6.45) is 0.279. The number of rotatable bonds is 8. The first kappa shape index (κ1) is 19.5. The molecular formula is C11H16F6N2O2. The van der Waals surface area contributed by atoms with Crippen molar-refractivity contribution in [1.29, 1.82) is 0 Å². The number of hydrogen-bond donors (Lipinski definition) is 2. The predicted molar refractivity (Wildman–Crippen MR) is 61.4 cm³/mol. The second-order valence-electron chi connectivity index (χ2n) is 4.23. The number of halogens is 6. The van der Waals surface area contributed by atoms with Crippen LogP contribution in [0.15, 0.2) is 0 Å². The molecule has 10 heteroatoms. The molecule has 0 atom stereocenters. The molecule has 0 heterocycles. The van der Waals surface area contributed by atoms with Crippen LogP contribution >= 0.6 is 0 Å².